The molecular weight excluding hydrogens is 459 g/mol. The lowest BCUT2D eigenvalue weighted by atomic mass is 10.0. The Hall–Kier alpha value is -3.46. The summed E-state index contributed by atoms with van der Waals surface area (Å²) in [5, 5.41) is 2.98. The quantitative estimate of drug-likeness (QED) is 0.561. The highest BCUT2D eigenvalue weighted by molar-refractivity contribution is 7.21. The van der Waals surface area contributed by atoms with Gasteiger partial charge in [0.25, 0.3) is 11.8 Å². The summed E-state index contributed by atoms with van der Waals surface area (Å²) in [5.41, 5.74) is 3.34. The first kappa shape index (κ1) is 23.3. The largest absolute Gasteiger partial charge is 0.346 e. The molecule has 0 bridgehead atoms. The molecule has 2 fully saturated rings. The second-order valence-electron chi connectivity index (χ2n) is 9.23. The number of hydrogen-bond donors (Lipinski definition) is 1. The molecule has 5 rings (SSSR count). The summed E-state index contributed by atoms with van der Waals surface area (Å²) in [4.78, 5) is 47.1. The van der Waals surface area contributed by atoms with Crippen molar-refractivity contribution in [2.45, 2.75) is 38.3 Å². The third-order valence-electron chi connectivity index (χ3n) is 6.78. The van der Waals surface area contributed by atoms with Crippen molar-refractivity contribution in [3.8, 4) is 0 Å². The maximum Gasteiger partial charge on any atom is 0.261 e. The van der Waals surface area contributed by atoms with Gasteiger partial charge in [0.05, 0.1) is 17.0 Å². The Bertz CT molecular complexity index is 1280. The molecule has 2 aromatic heterocycles. The Morgan fingerprint density at radius 3 is 2.66 bits per heavy atom. The van der Waals surface area contributed by atoms with Crippen LogP contribution in [0.15, 0.2) is 54.9 Å². The number of amides is 3. The first-order valence-corrected chi connectivity index (χ1v) is 12.7. The molecule has 2 unspecified atom stereocenters. The van der Waals surface area contributed by atoms with Gasteiger partial charge in [-0.25, -0.2) is 0 Å². The van der Waals surface area contributed by atoms with E-state index in [-0.39, 0.29) is 36.2 Å². The first-order valence-electron chi connectivity index (χ1n) is 11.9. The Kier molecular flexibility index (Phi) is 6.43. The summed E-state index contributed by atoms with van der Waals surface area (Å²) in [7, 11) is 1.96. The van der Waals surface area contributed by atoms with E-state index in [9.17, 15) is 14.4 Å². The summed E-state index contributed by atoms with van der Waals surface area (Å²) in [6.07, 6.45) is 5.70. The molecule has 2 atom stereocenters. The summed E-state index contributed by atoms with van der Waals surface area (Å²) in [6, 6.07) is 13.0. The van der Waals surface area contributed by atoms with Gasteiger partial charge in [-0.2, -0.15) is 0 Å². The van der Waals surface area contributed by atoms with E-state index >= 15 is 0 Å². The van der Waals surface area contributed by atoms with Gasteiger partial charge < -0.3 is 15.1 Å². The zero-order valence-electron chi connectivity index (χ0n) is 19.9. The number of nitrogens with one attached hydrogen (secondary N) is 1. The number of likely N-dealkylation sites (tertiary alicyclic amines) is 1. The first-order chi connectivity index (χ1) is 16.9. The van der Waals surface area contributed by atoms with E-state index in [1.807, 2.05) is 62.1 Å². The van der Waals surface area contributed by atoms with Crippen LogP contribution in [0.5, 0.6) is 0 Å². The lowest BCUT2D eigenvalue weighted by Gasteiger charge is -2.26. The molecular formula is C26H27BN4O3S. The van der Waals surface area contributed by atoms with Crippen molar-refractivity contribution in [2.75, 3.05) is 18.0 Å². The van der Waals surface area contributed by atoms with Gasteiger partial charge in [-0.05, 0) is 72.1 Å². The smallest absolute Gasteiger partial charge is 0.261 e. The summed E-state index contributed by atoms with van der Waals surface area (Å²) >= 11 is 1.44. The predicted octanol–water partition coefficient (Wildman–Crippen LogP) is 2.22. The van der Waals surface area contributed by atoms with Crippen LogP contribution in [0.25, 0.3) is 0 Å². The van der Waals surface area contributed by atoms with Crippen molar-refractivity contribution in [3.05, 3.63) is 76.4 Å². The van der Waals surface area contributed by atoms with Crippen molar-refractivity contribution < 1.29 is 14.4 Å². The van der Waals surface area contributed by atoms with Gasteiger partial charge >= 0.3 is 0 Å². The Labute approximate surface area is 209 Å². The number of thiophene rings is 1. The predicted molar refractivity (Wildman–Crippen MR) is 139 cm³/mol. The Balaban J connectivity index is 1.28. The monoisotopic (exact) mass is 486 g/mol. The molecule has 178 valence electrons. The topological polar surface area (TPSA) is 82.6 Å². The van der Waals surface area contributed by atoms with E-state index < -0.39 is 0 Å². The standard InChI is InChI=1S/C26H27BN4O3S/c1-16-13-19(31-15-18(14-24(31)32)29-25(33)22-6-7-23(27)35-22)4-5-20(16)26(34)30-12-2-3-21(30)17-8-10-28-11-9-17/h4-11,13,18,21H,2-3,12,14-15,27H2,1H3,(H,29,33). The highest BCUT2D eigenvalue weighted by Gasteiger charge is 2.34. The zero-order chi connectivity index (χ0) is 24.5. The van der Waals surface area contributed by atoms with Crippen LogP contribution in [0.4, 0.5) is 5.69 Å². The molecule has 2 saturated heterocycles. The van der Waals surface area contributed by atoms with Crippen LogP contribution in [-0.2, 0) is 4.79 Å². The van der Waals surface area contributed by atoms with Gasteiger partial charge in [0, 0.05) is 43.2 Å². The number of aromatic nitrogens is 1. The molecule has 2 aliphatic rings. The Morgan fingerprint density at radius 1 is 1.14 bits per heavy atom. The number of hydrogen-bond acceptors (Lipinski definition) is 5. The molecule has 2 aliphatic heterocycles. The van der Waals surface area contributed by atoms with E-state index in [1.165, 1.54) is 11.3 Å². The summed E-state index contributed by atoms with van der Waals surface area (Å²) < 4.78 is 1.07. The molecule has 1 N–H and O–H groups in total. The van der Waals surface area contributed by atoms with Crippen molar-refractivity contribution in [1.29, 1.82) is 0 Å². The SMILES string of the molecule is Bc1ccc(C(=O)NC2CC(=O)N(c3ccc(C(=O)N4CCCC4c4ccncc4)c(C)c3)C2)s1. The molecule has 0 saturated carbocycles. The number of rotatable bonds is 5. The molecule has 0 radical (unpaired) electrons. The average molecular weight is 486 g/mol. The molecule has 1 aromatic carbocycles. The highest BCUT2D eigenvalue weighted by atomic mass is 32.1. The molecule has 0 spiro atoms. The summed E-state index contributed by atoms with van der Waals surface area (Å²) in [5.74, 6) is -0.167. The van der Waals surface area contributed by atoms with Crippen molar-refractivity contribution >= 4 is 47.4 Å². The second-order valence-corrected chi connectivity index (χ2v) is 10.5. The Morgan fingerprint density at radius 2 is 1.94 bits per heavy atom. The minimum atomic E-state index is -0.246. The van der Waals surface area contributed by atoms with E-state index in [1.54, 1.807) is 17.3 Å². The third kappa shape index (κ3) is 4.73. The van der Waals surface area contributed by atoms with E-state index in [4.69, 9.17) is 0 Å². The van der Waals surface area contributed by atoms with E-state index in [0.717, 1.165) is 41.0 Å². The van der Waals surface area contributed by atoms with Crippen molar-refractivity contribution in [1.82, 2.24) is 15.2 Å². The number of anilines is 1. The van der Waals surface area contributed by atoms with Crippen LogP contribution in [0, 0.1) is 6.92 Å². The third-order valence-corrected chi connectivity index (χ3v) is 7.78. The number of nitrogens with zero attached hydrogens (tertiary/aromatic N) is 3. The number of carbonyl (C=O) groups is 3. The van der Waals surface area contributed by atoms with E-state index in [2.05, 4.69) is 10.3 Å². The molecule has 35 heavy (non-hydrogen) atoms. The van der Waals surface area contributed by atoms with Crippen molar-refractivity contribution in [3.63, 3.8) is 0 Å². The molecule has 7 nitrogen and oxygen atoms in total. The number of pyridine rings is 1. The van der Waals surface area contributed by atoms with Crippen LogP contribution in [0.3, 0.4) is 0 Å². The molecule has 4 heterocycles. The normalized spacial score (nSPS) is 19.9. The maximum absolute atomic E-state index is 13.4. The van der Waals surface area contributed by atoms with Gasteiger partial charge in [0.2, 0.25) is 5.91 Å². The lowest BCUT2D eigenvalue weighted by molar-refractivity contribution is -0.117. The molecule has 9 heteroatoms. The van der Waals surface area contributed by atoms with Crippen LogP contribution in [0.2, 0.25) is 0 Å². The van der Waals surface area contributed by atoms with Crippen LogP contribution in [0.1, 0.15) is 56.5 Å². The maximum atomic E-state index is 13.4. The number of aryl methyl sites for hydroxylation is 1. The van der Waals surface area contributed by atoms with Gasteiger partial charge in [-0.3, -0.25) is 19.4 Å². The van der Waals surface area contributed by atoms with E-state index in [0.29, 0.717) is 17.0 Å². The van der Waals surface area contributed by atoms with Crippen molar-refractivity contribution in [2.24, 2.45) is 0 Å². The number of benzene rings is 1. The van der Waals surface area contributed by atoms with Crippen LogP contribution < -0.4 is 15.0 Å². The van der Waals surface area contributed by atoms with Gasteiger partial charge in [0.1, 0.15) is 0 Å². The lowest BCUT2D eigenvalue weighted by Crippen LogP contribution is -2.36. The molecule has 3 aromatic rings. The minimum absolute atomic E-state index is 0.0116. The second kappa shape index (κ2) is 9.66. The fourth-order valence-corrected chi connectivity index (χ4v) is 5.79. The zero-order valence-corrected chi connectivity index (χ0v) is 20.7. The fraction of sp³-hybridized carbons (Fsp3) is 0.308. The highest BCUT2D eigenvalue weighted by Crippen LogP contribution is 2.34. The average Bonchev–Trinajstić information content (AvgIpc) is 3.59. The number of carbonyl (C=O) groups excluding carboxylic acids is 3. The molecule has 3 amide bonds. The van der Waals surface area contributed by atoms with Crippen LogP contribution >= 0.6 is 11.3 Å². The van der Waals surface area contributed by atoms with Crippen LogP contribution in [-0.4, -0.2) is 54.6 Å². The minimum Gasteiger partial charge on any atom is -0.346 e. The molecule has 0 aliphatic carbocycles. The summed E-state index contributed by atoms with van der Waals surface area (Å²) in [6.45, 7) is 3.05. The fourth-order valence-electron chi connectivity index (χ4n) is 5.02. The van der Waals surface area contributed by atoms with Gasteiger partial charge in [-0.15, -0.1) is 11.3 Å². The van der Waals surface area contributed by atoms with Gasteiger partial charge in [0.15, 0.2) is 7.85 Å². The van der Waals surface area contributed by atoms with Gasteiger partial charge in [-0.1, -0.05) is 6.07 Å².